The number of benzene rings is 1. The van der Waals surface area contributed by atoms with E-state index in [4.69, 9.17) is 5.26 Å². The second-order valence-electron chi connectivity index (χ2n) is 5.72. The molecule has 4 nitrogen and oxygen atoms in total. The molecule has 0 atom stereocenters. The summed E-state index contributed by atoms with van der Waals surface area (Å²) in [6, 6.07) is 14.2. The van der Waals surface area contributed by atoms with Crippen LogP contribution in [0.2, 0.25) is 0 Å². The van der Waals surface area contributed by atoms with E-state index in [1.165, 1.54) is 11.1 Å². The van der Waals surface area contributed by atoms with Crippen LogP contribution in [0.5, 0.6) is 0 Å². The summed E-state index contributed by atoms with van der Waals surface area (Å²) in [7, 11) is 0. The highest BCUT2D eigenvalue weighted by Crippen LogP contribution is 2.11. The minimum atomic E-state index is 0.727. The molecule has 4 heteroatoms. The number of piperazine rings is 1. The zero-order valence-electron chi connectivity index (χ0n) is 12.7. The van der Waals surface area contributed by atoms with Crippen LogP contribution in [0.4, 0.5) is 0 Å². The molecule has 1 fully saturated rings. The normalized spacial score (nSPS) is 16.3. The minimum absolute atomic E-state index is 0.727. The first-order chi connectivity index (χ1) is 10.8. The lowest BCUT2D eigenvalue weighted by atomic mass is 10.1. The quantitative estimate of drug-likeness (QED) is 0.867. The van der Waals surface area contributed by atoms with Crippen LogP contribution < -0.4 is 0 Å². The average Bonchev–Trinajstić information content (AvgIpc) is 2.58. The van der Waals surface area contributed by atoms with Crippen molar-refractivity contribution in [1.82, 2.24) is 14.8 Å². The van der Waals surface area contributed by atoms with Crippen molar-refractivity contribution in [3.05, 3.63) is 65.5 Å². The van der Waals surface area contributed by atoms with Gasteiger partial charge < -0.3 is 0 Å². The van der Waals surface area contributed by atoms with Gasteiger partial charge in [-0.25, -0.2) is 0 Å². The van der Waals surface area contributed by atoms with E-state index in [0.29, 0.717) is 0 Å². The van der Waals surface area contributed by atoms with Crippen LogP contribution in [-0.2, 0) is 13.1 Å². The van der Waals surface area contributed by atoms with Gasteiger partial charge in [-0.3, -0.25) is 14.8 Å². The number of rotatable bonds is 4. The molecule has 1 aliphatic rings. The molecule has 0 aliphatic carbocycles. The molecule has 3 rings (SSSR count). The van der Waals surface area contributed by atoms with Crippen molar-refractivity contribution in [3.8, 4) is 6.07 Å². The summed E-state index contributed by atoms with van der Waals surface area (Å²) in [6.45, 7) is 6.29. The third-order valence-corrected chi connectivity index (χ3v) is 4.08. The van der Waals surface area contributed by atoms with Crippen molar-refractivity contribution in [2.24, 2.45) is 0 Å². The molecule has 0 saturated carbocycles. The molecule has 0 N–H and O–H groups in total. The van der Waals surface area contributed by atoms with Gasteiger partial charge in [0, 0.05) is 51.7 Å². The van der Waals surface area contributed by atoms with E-state index in [0.717, 1.165) is 44.8 Å². The molecule has 1 saturated heterocycles. The molecule has 0 radical (unpaired) electrons. The summed E-state index contributed by atoms with van der Waals surface area (Å²) in [6.07, 6.45) is 3.77. The van der Waals surface area contributed by atoms with Crippen molar-refractivity contribution >= 4 is 0 Å². The largest absolute Gasteiger partial charge is 0.297 e. The Balaban J connectivity index is 1.48. The molecule has 1 aromatic carbocycles. The van der Waals surface area contributed by atoms with E-state index in [9.17, 15) is 0 Å². The summed E-state index contributed by atoms with van der Waals surface area (Å²) in [4.78, 5) is 9.13. The number of nitrogens with zero attached hydrogens (tertiary/aromatic N) is 4. The Bertz CT molecular complexity index is 622. The van der Waals surface area contributed by atoms with E-state index >= 15 is 0 Å². The van der Waals surface area contributed by atoms with Crippen LogP contribution in [0.3, 0.4) is 0 Å². The second-order valence-corrected chi connectivity index (χ2v) is 5.72. The van der Waals surface area contributed by atoms with Gasteiger partial charge in [-0.1, -0.05) is 18.2 Å². The zero-order valence-corrected chi connectivity index (χ0v) is 12.7. The fraction of sp³-hybridized carbons (Fsp3) is 0.333. The Labute approximate surface area is 131 Å². The maximum atomic E-state index is 8.83. The van der Waals surface area contributed by atoms with Crippen molar-refractivity contribution in [3.63, 3.8) is 0 Å². The maximum Gasteiger partial charge on any atom is 0.0991 e. The molecular formula is C18H20N4. The van der Waals surface area contributed by atoms with E-state index < -0.39 is 0 Å². The first kappa shape index (κ1) is 14.7. The van der Waals surface area contributed by atoms with Crippen molar-refractivity contribution in [2.45, 2.75) is 13.1 Å². The summed E-state index contributed by atoms with van der Waals surface area (Å²) in [5.41, 5.74) is 3.28. The van der Waals surface area contributed by atoms with E-state index in [2.05, 4.69) is 39.1 Å². The molecule has 0 amide bonds. The van der Waals surface area contributed by atoms with E-state index in [1.807, 2.05) is 30.6 Å². The third kappa shape index (κ3) is 3.91. The maximum absolute atomic E-state index is 8.83. The summed E-state index contributed by atoms with van der Waals surface area (Å²) in [5, 5.41) is 8.83. The average molecular weight is 292 g/mol. The molecule has 1 aliphatic heterocycles. The zero-order chi connectivity index (χ0) is 15.2. The number of hydrogen-bond donors (Lipinski definition) is 0. The van der Waals surface area contributed by atoms with Crippen molar-refractivity contribution in [1.29, 1.82) is 5.26 Å². The van der Waals surface area contributed by atoms with Crippen LogP contribution in [0.15, 0.2) is 48.8 Å². The van der Waals surface area contributed by atoms with Crippen molar-refractivity contribution < 1.29 is 0 Å². The highest BCUT2D eigenvalue weighted by Gasteiger charge is 2.17. The number of nitriles is 1. The van der Waals surface area contributed by atoms with Crippen molar-refractivity contribution in [2.75, 3.05) is 26.2 Å². The van der Waals surface area contributed by atoms with Crippen LogP contribution >= 0.6 is 0 Å². The summed E-state index contributed by atoms with van der Waals surface area (Å²) < 4.78 is 0. The van der Waals surface area contributed by atoms with Gasteiger partial charge in [0.05, 0.1) is 11.6 Å². The Morgan fingerprint density at radius 3 is 2.09 bits per heavy atom. The number of pyridine rings is 1. The molecule has 1 aromatic heterocycles. The fourth-order valence-corrected chi connectivity index (χ4v) is 2.80. The summed E-state index contributed by atoms with van der Waals surface area (Å²) in [5.74, 6) is 0. The van der Waals surface area contributed by atoms with Gasteiger partial charge in [0.25, 0.3) is 0 Å². The molecule has 2 heterocycles. The third-order valence-electron chi connectivity index (χ3n) is 4.08. The van der Waals surface area contributed by atoms with Gasteiger partial charge in [-0.15, -0.1) is 0 Å². The fourth-order valence-electron chi connectivity index (χ4n) is 2.80. The Morgan fingerprint density at radius 2 is 1.55 bits per heavy atom. The predicted molar refractivity (Wildman–Crippen MR) is 85.9 cm³/mol. The molecule has 0 unspecified atom stereocenters. The predicted octanol–water partition coefficient (Wildman–Crippen LogP) is 2.27. The number of hydrogen-bond acceptors (Lipinski definition) is 4. The molecule has 0 bridgehead atoms. The lowest BCUT2D eigenvalue weighted by molar-refractivity contribution is 0.122. The topological polar surface area (TPSA) is 43.2 Å². The summed E-state index contributed by atoms with van der Waals surface area (Å²) >= 11 is 0. The molecule has 112 valence electrons. The van der Waals surface area contributed by atoms with Gasteiger partial charge in [-0.05, 0) is 29.3 Å². The molecular weight excluding hydrogens is 272 g/mol. The van der Waals surface area contributed by atoms with Gasteiger partial charge in [0.1, 0.15) is 0 Å². The lowest BCUT2D eigenvalue weighted by Gasteiger charge is -2.34. The van der Waals surface area contributed by atoms with Gasteiger partial charge in [0.2, 0.25) is 0 Å². The molecule has 2 aromatic rings. The Hall–Kier alpha value is -2.22. The van der Waals surface area contributed by atoms with E-state index in [-0.39, 0.29) is 0 Å². The lowest BCUT2D eigenvalue weighted by Crippen LogP contribution is -2.45. The van der Waals surface area contributed by atoms with Crippen LogP contribution in [0, 0.1) is 11.3 Å². The Morgan fingerprint density at radius 1 is 0.909 bits per heavy atom. The second kappa shape index (κ2) is 7.17. The van der Waals surface area contributed by atoms with Crippen LogP contribution in [-0.4, -0.2) is 41.0 Å². The standard InChI is InChI=1S/C18H20N4/c19-12-16-3-5-17(6-4-16)14-21-8-10-22(11-9-21)15-18-2-1-7-20-13-18/h1-7,13H,8-11,14-15H2. The first-order valence-corrected chi connectivity index (χ1v) is 7.66. The highest BCUT2D eigenvalue weighted by atomic mass is 15.3. The Kier molecular flexibility index (Phi) is 4.79. The monoisotopic (exact) mass is 292 g/mol. The van der Waals surface area contributed by atoms with Crippen LogP contribution in [0.25, 0.3) is 0 Å². The van der Waals surface area contributed by atoms with Gasteiger partial charge in [-0.2, -0.15) is 5.26 Å². The SMILES string of the molecule is N#Cc1ccc(CN2CCN(Cc3cccnc3)CC2)cc1. The molecule has 22 heavy (non-hydrogen) atoms. The highest BCUT2D eigenvalue weighted by molar-refractivity contribution is 5.31. The molecule has 0 spiro atoms. The van der Waals surface area contributed by atoms with Gasteiger partial charge >= 0.3 is 0 Å². The minimum Gasteiger partial charge on any atom is -0.297 e. The smallest absolute Gasteiger partial charge is 0.0991 e. The number of aromatic nitrogens is 1. The van der Waals surface area contributed by atoms with Crippen LogP contribution in [0.1, 0.15) is 16.7 Å². The van der Waals surface area contributed by atoms with Gasteiger partial charge in [0.15, 0.2) is 0 Å². The van der Waals surface area contributed by atoms with E-state index in [1.54, 1.807) is 0 Å². The first-order valence-electron chi connectivity index (χ1n) is 7.66.